The molecule has 0 aromatic carbocycles. The number of fused-ring (bicyclic) bond motifs is 2. The summed E-state index contributed by atoms with van der Waals surface area (Å²) < 4.78 is 55.1. The number of hydrogen-bond acceptors (Lipinski definition) is 6. The Hall–Kier alpha value is -0.440. The van der Waals surface area contributed by atoms with Gasteiger partial charge in [-0.15, -0.1) is 0 Å². The van der Waals surface area contributed by atoms with E-state index in [2.05, 4.69) is 13.8 Å². The lowest BCUT2D eigenvalue weighted by Crippen LogP contribution is -2.31. The van der Waals surface area contributed by atoms with Crippen LogP contribution in [-0.2, 0) is 28.6 Å². The minimum Gasteiger partial charge on any atom is -0.270 e. The first-order valence-corrected chi connectivity index (χ1v) is 11.0. The molecule has 2 aliphatic rings. The minimum absolute atomic E-state index is 0.0138. The number of hydrogen-bond donors (Lipinski definition) is 0. The normalized spacial score (nSPS) is 31.7. The van der Waals surface area contributed by atoms with Crippen LogP contribution in [0.15, 0.2) is 11.1 Å². The SMILES string of the molecule is CC(C)=C1C2CCC1[C@H](COS(C)(=O)=O)[C@@H]2COS(C)(=O)=O. The van der Waals surface area contributed by atoms with E-state index in [9.17, 15) is 16.8 Å². The Kier molecular flexibility index (Phi) is 5.06. The van der Waals surface area contributed by atoms with Gasteiger partial charge in [0.25, 0.3) is 20.2 Å². The lowest BCUT2D eigenvalue weighted by Gasteiger charge is -2.29. The molecule has 2 saturated carbocycles. The topological polar surface area (TPSA) is 86.7 Å². The van der Waals surface area contributed by atoms with Crippen molar-refractivity contribution in [1.82, 2.24) is 0 Å². The molecule has 0 N–H and O–H groups in total. The minimum atomic E-state index is -3.51. The first-order valence-electron chi connectivity index (χ1n) is 7.35. The lowest BCUT2D eigenvalue weighted by atomic mass is 9.80. The van der Waals surface area contributed by atoms with Crippen molar-refractivity contribution in [1.29, 1.82) is 0 Å². The number of rotatable bonds is 6. The molecule has 0 aliphatic heterocycles. The fourth-order valence-corrected chi connectivity index (χ4v) is 4.87. The van der Waals surface area contributed by atoms with Crippen LogP contribution in [-0.4, -0.2) is 42.6 Å². The molecule has 2 fully saturated rings. The smallest absolute Gasteiger partial charge is 0.264 e. The Morgan fingerprint density at radius 3 is 1.55 bits per heavy atom. The van der Waals surface area contributed by atoms with Crippen molar-refractivity contribution in [3.05, 3.63) is 11.1 Å². The molecule has 0 saturated heterocycles. The van der Waals surface area contributed by atoms with Gasteiger partial charge in [-0.3, -0.25) is 8.37 Å². The average Bonchev–Trinajstić information content (AvgIpc) is 2.87. The van der Waals surface area contributed by atoms with Crippen LogP contribution in [0.1, 0.15) is 26.7 Å². The largest absolute Gasteiger partial charge is 0.270 e. The van der Waals surface area contributed by atoms with Crippen LogP contribution in [0, 0.1) is 23.7 Å². The summed E-state index contributed by atoms with van der Waals surface area (Å²) in [5.74, 6) is 0.509. The molecule has 0 spiro atoms. The molecule has 2 rings (SSSR count). The second kappa shape index (κ2) is 6.22. The molecule has 6 nitrogen and oxygen atoms in total. The van der Waals surface area contributed by atoms with Crippen LogP contribution in [0.4, 0.5) is 0 Å². The Morgan fingerprint density at radius 1 is 0.909 bits per heavy atom. The maximum absolute atomic E-state index is 11.3. The van der Waals surface area contributed by atoms with Gasteiger partial charge in [0.15, 0.2) is 0 Å². The van der Waals surface area contributed by atoms with Crippen LogP contribution in [0.25, 0.3) is 0 Å². The zero-order chi connectivity index (χ0) is 16.7. The highest BCUT2D eigenvalue weighted by molar-refractivity contribution is 7.86. The Balaban J connectivity index is 2.21. The number of allylic oxidation sites excluding steroid dienone is 2. The summed E-state index contributed by atoms with van der Waals surface area (Å²) in [4.78, 5) is 0. The lowest BCUT2D eigenvalue weighted by molar-refractivity contribution is 0.102. The summed E-state index contributed by atoms with van der Waals surface area (Å²) in [6, 6.07) is 0. The van der Waals surface area contributed by atoms with Crippen LogP contribution < -0.4 is 0 Å². The monoisotopic (exact) mass is 352 g/mol. The summed E-state index contributed by atoms with van der Waals surface area (Å²) in [6.07, 6.45) is 4.06. The van der Waals surface area contributed by atoms with Crippen molar-refractivity contribution in [3.63, 3.8) is 0 Å². The molecule has 0 aromatic heterocycles. The molecular weight excluding hydrogens is 328 g/mol. The molecule has 2 aliphatic carbocycles. The molecule has 0 heterocycles. The predicted octanol–water partition coefficient (Wildman–Crippen LogP) is 1.55. The third-order valence-corrected chi connectivity index (χ3v) is 5.83. The first kappa shape index (κ1) is 17.9. The van der Waals surface area contributed by atoms with E-state index in [1.165, 1.54) is 11.1 Å². The highest BCUT2D eigenvalue weighted by atomic mass is 32.2. The molecule has 4 atom stereocenters. The molecule has 0 amide bonds. The summed E-state index contributed by atoms with van der Waals surface area (Å²) in [6.45, 7) is 4.28. The highest BCUT2D eigenvalue weighted by Gasteiger charge is 2.51. The second-order valence-electron chi connectivity index (χ2n) is 6.55. The Morgan fingerprint density at radius 2 is 1.27 bits per heavy atom. The van der Waals surface area contributed by atoms with Crippen molar-refractivity contribution in [2.75, 3.05) is 25.7 Å². The van der Waals surface area contributed by atoms with E-state index in [0.717, 1.165) is 25.4 Å². The van der Waals surface area contributed by atoms with Crippen molar-refractivity contribution in [2.45, 2.75) is 26.7 Å². The van der Waals surface area contributed by atoms with Crippen molar-refractivity contribution in [3.8, 4) is 0 Å². The molecule has 0 aromatic rings. The Bertz CT molecular complexity index is 605. The van der Waals surface area contributed by atoms with Gasteiger partial charge in [-0.25, -0.2) is 0 Å². The van der Waals surface area contributed by atoms with E-state index in [0.29, 0.717) is 0 Å². The van der Waals surface area contributed by atoms with Gasteiger partial charge < -0.3 is 0 Å². The fourth-order valence-electron chi connectivity index (χ4n) is 4.06. The zero-order valence-electron chi connectivity index (χ0n) is 13.4. The van der Waals surface area contributed by atoms with E-state index >= 15 is 0 Å². The van der Waals surface area contributed by atoms with Gasteiger partial charge in [0.2, 0.25) is 0 Å². The molecule has 22 heavy (non-hydrogen) atoms. The van der Waals surface area contributed by atoms with Gasteiger partial charge in [0.05, 0.1) is 25.7 Å². The maximum Gasteiger partial charge on any atom is 0.264 e. The summed E-state index contributed by atoms with van der Waals surface area (Å²) >= 11 is 0. The van der Waals surface area contributed by atoms with E-state index < -0.39 is 20.2 Å². The third kappa shape index (κ3) is 4.10. The predicted molar refractivity (Wildman–Crippen MR) is 83.2 cm³/mol. The average molecular weight is 352 g/mol. The van der Waals surface area contributed by atoms with Crippen molar-refractivity contribution in [2.24, 2.45) is 23.7 Å². The molecule has 0 radical (unpaired) electrons. The van der Waals surface area contributed by atoms with Gasteiger partial charge in [-0.2, -0.15) is 16.8 Å². The summed E-state index contributed by atoms with van der Waals surface area (Å²) in [5.41, 5.74) is 2.57. The first-order chi connectivity index (χ1) is 9.99. The molecule has 2 bridgehead atoms. The Labute approximate surface area is 133 Å². The molecule has 128 valence electrons. The molecule has 2 unspecified atom stereocenters. The van der Waals surface area contributed by atoms with E-state index in [4.69, 9.17) is 8.37 Å². The highest BCUT2D eigenvalue weighted by Crippen LogP contribution is 2.57. The maximum atomic E-state index is 11.3. The van der Waals surface area contributed by atoms with Crippen LogP contribution >= 0.6 is 0 Å². The van der Waals surface area contributed by atoms with Gasteiger partial charge in [0.1, 0.15) is 0 Å². The van der Waals surface area contributed by atoms with Crippen LogP contribution in [0.2, 0.25) is 0 Å². The zero-order valence-corrected chi connectivity index (χ0v) is 15.0. The van der Waals surface area contributed by atoms with E-state index in [1.54, 1.807) is 0 Å². The van der Waals surface area contributed by atoms with Gasteiger partial charge in [-0.05, 0) is 50.4 Å². The third-order valence-electron chi connectivity index (χ3n) is 4.70. The van der Waals surface area contributed by atoms with Crippen LogP contribution in [0.5, 0.6) is 0 Å². The fraction of sp³-hybridized carbons (Fsp3) is 0.857. The van der Waals surface area contributed by atoms with Crippen LogP contribution in [0.3, 0.4) is 0 Å². The summed E-state index contributed by atoms with van der Waals surface area (Å²) in [5, 5.41) is 0. The van der Waals surface area contributed by atoms with Crippen molar-refractivity contribution >= 4 is 20.2 Å². The standard InChI is InChI=1S/C14H24O6S2/c1-9(2)14-10-5-6-11(14)13(8-20-22(4,17)18)12(10)7-19-21(3,15)16/h10-13H,5-8H2,1-4H3/t10?,11?,12-,13+. The van der Waals surface area contributed by atoms with Gasteiger partial charge in [-0.1, -0.05) is 11.1 Å². The van der Waals surface area contributed by atoms with Gasteiger partial charge >= 0.3 is 0 Å². The van der Waals surface area contributed by atoms with E-state index in [-0.39, 0.29) is 36.9 Å². The quantitative estimate of drug-likeness (QED) is 0.532. The van der Waals surface area contributed by atoms with Gasteiger partial charge in [0, 0.05) is 0 Å². The molecular formula is C14H24O6S2. The summed E-state index contributed by atoms with van der Waals surface area (Å²) in [7, 11) is -7.02. The molecule has 8 heteroatoms. The second-order valence-corrected chi connectivity index (χ2v) is 9.84. The van der Waals surface area contributed by atoms with E-state index in [1.807, 2.05) is 0 Å². The van der Waals surface area contributed by atoms with Crippen molar-refractivity contribution < 1.29 is 25.2 Å².